The van der Waals surface area contributed by atoms with Gasteiger partial charge in [0.25, 0.3) is 0 Å². The SMILES string of the molecule is O=C1c2c(O)cccc2C(=Cc2ccc(O)cc2)c2cccc(O)c21. The Kier molecular flexibility index (Phi) is 3.32. The summed E-state index contributed by atoms with van der Waals surface area (Å²) in [5, 5.41) is 29.9. The molecule has 4 heteroatoms. The summed E-state index contributed by atoms with van der Waals surface area (Å²) in [5.74, 6) is -0.470. The smallest absolute Gasteiger partial charge is 0.201 e. The van der Waals surface area contributed by atoms with Crippen LogP contribution in [-0.4, -0.2) is 21.1 Å². The van der Waals surface area contributed by atoms with Gasteiger partial charge in [-0.15, -0.1) is 0 Å². The van der Waals surface area contributed by atoms with Gasteiger partial charge in [-0.25, -0.2) is 0 Å². The first kappa shape index (κ1) is 15.0. The summed E-state index contributed by atoms with van der Waals surface area (Å²) in [6.07, 6.45) is 1.86. The van der Waals surface area contributed by atoms with E-state index in [1.807, 2.05) is 6.08 Å². The molecule has 0 saturated heterocycles. The fraction of sp³-hybridized carbons (Fsp3) is 0. The summed E-state index contributed by atoms with van der Waals surface area (Å²) in [6, 6.07) is 16.5. The molecule has 0 unspecified atom stereocenters. The second-order valence-electron chi connectivity index (χ2n) is 5.88. The van der Waals surface area contributed by atoms with Gasteiger partial charge in [-0.1, -0.05) is 36.4 Å². The predicted molar refractivity (Wildman–Crippen MR) is 94.7 cm³/mol. The molecule has 3 N–H and O–H groups in total. The topological polar surface area (TPSA) is 77.8 Å². The highest BCUT2D eigenvalue weighted by Gasteiger charge is 2.31. The molecule has 0 radical (unpaired) electrons. The highest BCUT2D eigenvalue weighted by molar-refractivity contribution is 6.22. The van der Waals surface area contributed by atoms with Crippen molar-refractivity contribution < 1.29 is 20.1 Å². The fourth-order valence-electron chi connectivity index (χ4n) is 3.17. The van der Waals surface area contributed by atoms with E-state index >= 15 is 0 Å². The van der Waals surface area contributed by atoms with Crippen LogP contribution < -0.4 is 0 Å². The molecule has 122 valence electrons. The molecule has 1 aliphatic carbocycles. The predicted octanol–water partition coefficient (Wildman–Crippen LogP) is 3.94. The third-order valence-corrected chi connectivity index (χ3v) is 4.32. The lowest BCUT2D eigenvalue weighted by Gasteiger charge is -2.23. The molecule has 3 aromatic carbocycles. The van der Waals surface area contributed by atoms with Gasteiger partial charge in [0.15, 0.2) is 0 Å². The van der Waals surface area contributed by atoms with Crippen molar-refractivity contribution in [3.05, 3.63) is 88.5 Å². The number of rotatable bonds is 1. The summed E-state index contributed by atoms with van der Waals surface area (Å²) in [5.41, 5.74) is 3.13. The maximum atomic E-state index is 12.8. The lowest BCUT2D eigenvalue weighted by molar-refractivity contribution is 0.103. The van der Waals surface area contributed by atoms with Crippen molar-refractivity contribution in [3.8, 4) is 17.2 Å². The van der Waals surface area contributed by atoms with Crippen molar-refractivity contribution in [1.82, 2.24) is 0 Å². The van der Waals surface area contributed by atoms with Crippen LogP contribution in [0.2, 0.25) is 0 Å². The Balaban J connectivity index is 2.04. The van der Waals surface area contributed by atoms with Gasteiger partial charge in [-0.3, -0.25) is 4.79 Å². The molecule has 25 heavy (non-hydrogen) atoms. The molecule has 0 heterocycles. The van der Waals surface area contributed by atoms with E-state index in [-0.39, 0.29) is 28.4 Å². The van der Waals surface area contributed by atoms with Gasteiger partial charge in [0, 0.05) is 0 Å². The Morgan fingerprint density at radius 2 is 1.20 bits per heavy atom. The van der Waals surface area contributed by atoms with Crippen LogP contribution in [-0.2, 0) is 0 Å². The monoisotopic (exact) mass is 330 g/mol. The van der Waals surface area contributed by atoms with Gasteiger partial charge >= 0.3 is 0 Å². The molecule has 3 aromatic rings. The van der Waals surface area contributed by atoms with Crippen molar-refractivity contribution in [2.45, 2.75) is 0 Å². The zero-order valence-corrected chi connectivity index (χ0v) is 13.1. The minimum absolute atomic E-state index is 0.118. The van der Waals surface area contributed by atoms with E-state index < -0.39 is 5.78 Å². The first-order valence-electron chi connectivity index (χ1n) is 7.76. The largest absolute Gasteiger partial charge is 0.508 e. The van der Waals surface area contributed by atoms with Gasteiger partial charge < -0.3 is 15.3 Å². The van der Waals surface area contributed by atoms with Gasteiger partial charge in [-0.2, -0.15) is 0 Å². The number of carbonyl (C=O) groups excluding carboxylic acids is 1. The molecule has 0 aliphatic heterocycles. The highest BCUT2D eigenvalue weighted by atomic mass is 16.3. The van der Waals surface area contributed by atoms with Crippen molar-refractivity contribution in [2.24, 2.45) is 0 Å². The van der Waals surface area contributed by atoms with Crippen LogP contribution in [0.4, 0.5) is 0 Å². The lowest BCUT2D eigenvalue weighted by Crippen LogP contribution is -2.14. The molecular formula is C21H14O4. The van der Waals surface area contributed by atoms with Crippen LogP contribution in [0.1, 0.15) is 32.6 Å². The highest BCUT2D eigenvalue weighted by Crippen LogP contribution is 2.43. The van der Waals surface area contributed by atoms with Gasteiger partial charge in [0.05, 0.1) is 11.1 Å². The quantitative estimate of drug-likeness (QED) is 0.494. The van der Waals surface area contributed by atoms with E-state index in [2.05, 4.69) is 0 Å². The zero-order chi connectivity index (χ0) is 17.6. The number of aromatic hydroxyl groups is 3. The summed E-state index contributed by atoms with van der Waals surface area (Å²) >= 11 is 0. The first-order valence-corrected chi connectivity index (χ1v) is 7.76. The summed E-state index contributed by atoms with van der Waals surface area (Å²) < 4.78 is 0. The number of phenols is 3. The molecule has 0 aromatic heterocycles. The molecular weight excluding hydrogens is 316 g/mol. The average molecular weight is 330 g/mol. The van der Waals surface area contributed by atoms with E-state index in [1.54, 1.807) is 48.5 Å². The number of hydrogen-bond donors (Lipinski definition) is 3. The number of benzene rings is 3. The fourth-order valence-corrected chi connectivity index (χ4v) is 3.17. The third kappa shape index (κ3) is 2.35. The molecule has 4 nitrogen and oxygen atoms in total. The van der Waals surface area contributed by atoms with E-state index in [9.17, 15) is 20.1 Å². The third-order valence-electron chi connectivity index (χ3n) is 4.32. The number of carbonyl (C=O) groups is 1. The van der Waals surface area contributed by atoms with E-state index in [0.29, 0.717) is 11.1 Å². The first-order chi connectivity index (χ1) is 12.1. The minimum atomic E-state index is -0.399. The second kappa shape index (κ2) is 5.53. The van der Waals surface area contributed by atoms with E-state index in [0.717, 1.165) is 11.1 Å². The zero-order valence-electron chi connectivity index (χ0n) is 13.1. The van der Waals surface area contributed by atoms with Crippen molar-refractivity contribution >= 4 is 17.4 Å². The van der Waals surface area contributed by atoms with Crippen molar-refractivity contribution in [2.75, 3.05) is 0 Å². The van der Waals surface area contributed by atoms with Crippen molar-refractivity contribution in [3.63, 3.8) is 0 Å². The number of phenolic OH excluding ortho intramolecular Hbond substituents is 3. The number of hydrogen-bond acceptors (Lipinski definition) is 4. The van der Waals surface area contributed by atoms with Crippen LogP contribution in [0.25, 0.3) is 11.6 Å². The molecule has 0 saturated carbocycles. The second-order valence-corrected chi connectivity index (χ2v) is 5.88. The Labute approximate surface area is 143 Å². The Morgan fingerprint density at radius 3 is 1.72 bits per heavy atom. The average Bonchev–Trinajstić information content (AvgIpc) is 2.60. The van der Waals surface area contributed by atoms with E-state index in [1.165, 1.54) is 12.1 Å². The molecule has 1 aliphatic rings. The van der Waals surface area contributed by atoms with Gasteiger partial charge in [0.2, 0.25) is 5.78 Å². The maximum absolute atomic E-state index is 12.8. The molecule has 4 rings (SSSR count). The van der Waals surface area contributed by atoms with Crippen molar-refractivity contribution in [1.29, 1.82) is 0 Å². The van der Waals surface area contributed by atoms with Crippen LogP contribution in [0.5, 0.6) is 17.2 Å². The van der Waals surface area contributed by atoms with Crippen LogP contribution in [0.3, 0.4) is 0 Å². The maximum Gasteiger partial charge on any atom is 0.201 e. The number of fused-ring (bicyclic) bond motifs is 2. The summed E-state index contributed by atoms with van der Waals surface area (Å²) in [4.78, 5) is 12.8. The van der Waals surface area contributed by atoms with Gasteiger partial charge in [0.1, 0.15) is 17.2 Å². The Bertz CT molecular complexity index is 973. The Morgan fingerprint density at radius 1 is 0.680 bits per heavy atom. The standard InChI is InChI=1S/C21H14O4/c22-13-9-7-12(8-10-13)11-16-14-3-1-5-17(23)19(14)21(25)20-15(16)4-2-6-18(20)24/h1-11,22-24H. The van der Waals surface area contributed by atoms with Crippen LogP contribution in [0.15, 0.2) is 60.7 Å². The normalized spacial score (nSPS) is 12.5. The van der Waals surface area contributed by atoms with Gasteiger partial charge in [-0.05, 0) is 52.6 Å². The lowest BCUT2D eigenvalue weighted by atomic mass is 9.80. The number of ketones is 1. The van der Waals surface area contributed by atoms with Crippen LogP contribution in [0, 0.1) is 0 Å². The van der Waals surface area contributed by atoms with E-state index in [4.69, 9.17) is 0 Å². The molecule has 0 amide bonds. The minimum Gasteiger partial charge on any atom is -0.508 e. The summed E-state index contributed by atoms with van der Waals surface area (Å²) in [6.45, 7) is 0. The Hall–Kier alpha value is -3.53. The van der Waals surface area contributed by atoms with Crippen LogP contribution >= 0.6 is 0 Å². The summed E-state index contributed by atoms with van der Waals surface area (Å²) in [7, 11) is 0. The molecule has 0 spiro atoms. The molecule has 0 atom stereocenters. The molecule has 0 bridgehead atoms. The molecule has 0 fully saturated rings.